The molecule has 16 heteroatoms. The predicted octanol–water partition coefficient (Wildman–Crippen LogP) is -1.76. The van der Waals surface area contributed by atoms with Gasteiger partial charge >= 0.3 is 0 Å². The number of aromatic nitrogens is 2. The lowest BCUT2D eigenvalue weighted by Gasteiger charge is -2.23. The first-order valence-corrected chi connectivity index (χ1v) is 15.7. The van der Waals surface area contributed by atoms with Crippen LogP contribution in [0.3, 0.4) is 0 Å². The van der Waals surface area contributed by atoms with E-state index in [2.05, 4.69) is 47.2 Å². The molecule has 1 aromatic heterocycles. The summed E-state index contributed by atoms with van der Waals surface area (Å²) in [6.45, 7) is 5.63. The number of likely N-dealkylation sites (N-methyl/N-ethyl adjacent to an activating group) is 1. The van der Waals surface area contributed by atoms with Crippen LogP contribution in [0.4, 0.5) is 0 Å². The Kier molecular flexibility index (Phi) is 16.4. The Hall–Kier alpha value is -5.12. The summed E-state index contributed by atoms with van der Waals surface area (Å²) in [5.41, 5.74) is 1.26. The molecule has 0 radical (unpaired) electrons. The Balaban J connectivity index is 2.03. The van der Waals surface area contributed by atoms with Gasteiger partial charge in [-0.25, -0.2) is 4.98 Å². The second-order valence-electron chi connectivity index (χ2n) is 11.8. The number of ketones is 1. The molecule has 0 aliphatic rings. The number of nitrogens with one attached hydrogen (secondary N) is 8. The molecule has 2 aromatic rings. The number of H-pyrrole nitrogens is 1. The largest absolute Gasteiger partial charge is 0.351 e. The zero-order chi connectivity index (χ0) is 35.6. The van der Waals surface area contributed by atoms with Crippen LogP contribution in [-0.2, 0) is 46.4 Å². The molecule has 6 amide bonds. The van der Waals surface area contributed by atoms with Crippen LogP contribution in [0.15, 0.2) is 42.9 Å². The fraction of sp³-hybridized carbons (Fsp3) is 0.500. The fourth-order valence-corrected chi connectivity index (χ4v) is 4.45. The second-order valence-corrected chi connectivity index (χ2v) is 11.8. The van der Waals surface area contributed by atoms with Gasteiger partial charge in [-0.15, -0.1) is 0 Å². The summed E-state index contributed by atoms with van der Waals surface area (Å²) in [4.78, 5) is 95.3. The molecule has 0 bridgehead atoms. The average Bonchev–Trinajstić information content (AvgIpc) is 3.55. The number of hydrogen-bond donors (Lipinski definition) is 8. The zero-order valence-corrected chi connectivity index (χ0v) is 28.0. The van der Waals surface area contributed by atoms with Crippen molar-refractivity contribution >= 4 is 41.2 Å². The van der Waals surface area contributed by atoms with Gasteiger partial charge in [0.1, 0.15) is 18.1 Å². The first kappa shape index (κ1) is 39.1. The molecule has 0 saturated carbocycles. The third-order valence-electron chi connectivity index (χ3n) is 7.07. The number of hydrogen-bond acceptors (Lipinski definition) is 9. The van der Waals surface area contributed by atoms with Crippen molar-refractivity contribution in [2.24, 2.45) is 5.92 Å². The molecule has 262 valence electrons. The van der Waals surface area contributed by atoms with Crippen LogP contribution in [0.5, 0.6) is 0 Å². The third kappa shape index (κ3) is 14.5. The van der Waals surface area contributed by atoms with Gasteiger partial charge in [-0.3, -0.25) is 33.6 Å². The molecule has 4 atom stereocenters. The fourth-order valence-electron chi connectivity index (χ4n) is 4.45. The SMILES string of the molecule is CNCC(=O)N[C@@H](Cc1c[nH]cn1)C(=O)N[C@@H](Cc1ccccc1)C(=O)NCC(=O)NCC(=O)N[C@@H](CC(C)C)C(=O)N[C@@H](C)C(C)=O. The summed E-state index contributed by atoms with van der Waals surface area (Å²) in [7, 11) is 1.59. The van der Waals surface area contributed by atoms with Crippen LogP contribution in [-0.4, -0.2) is 102 Å². The van der Waals surface area contributed by atoms with E-state index in [0.29, 0.717) is 12.1 Å². The van der Waals surface area contributed by atoms with Crippen LogP contribution in [0, 0.1) is 5.92 Å². The molecule has 0 fully saturated rings. The van der Waals surface area contributed by atoms with Gasteiger partial charge in [0, 0.05) is 19.0 Å². The molecule has 0 aliphatic heterocycles. The minimum Gasteiger partial charge on any atom is -0.351 e. The number of benzene rings is 1. The number of carbonyl (C=O) groups excluding carboxylic acids is 7. The number of aromatic amines is 1. The van der Waals surface area contributed by atoms with Gasteiger partial charge in [0.25, 0.3) is 0 Å². The van der Waals surface area contributed by atoms with Crippen LogP contribution < -0.4 is 37.2 Å². The van der Waals surface area contributed by atoms with Crippen molar-refractivity contribution in [1.29, 1.82) is 0 Å². The molecule has 0 unspecified atom stereocenters. The minimum atomic E-state index is -1.12. The van der Waals surface area contributed by atoms with Crippen LogP contribution >= 0.6 is 0 Å². The lowest BCUT2D eigenvalue weighted by atomic mass is 10.0. The number of Topliss-reactive ketones (excluding diaryl/α,β-unsaturated/α-hetero) is 1. The van der Waals surface area contributed by atoms with Gasteiger partial charge in [-0.05, 0) is 38.8 Å². The zero-order valence-electron chi connectivity index (χ0n) is 28.0. The maximum atomic E-state index is 13.4. The van der Waals surface area contributed by atoms with E-state index in [4.69, 9.17) is 0 Å². The minimum absolute atomic E-state index is 0.0317. The van der Waals surface area contributed by atoms with E-state index in [1.165, 1.54) is 13.3 Å². The van der Waals surface area contributed by atoms with Crippen molar-refractivity contribution < 1.29 is 33.6 Å². The quantitative estimate of drug-likeness (QED) is 0.0797. The van der Waals surface area contributed by atoms with Crippen molar-refractivity contribution in [2.45, 2.75) is 71.1 Å². The first-order chi connectivity index (χ1) is 22.8. The predicted molar refractivity (Wildman–Crippen MR) is 176 cm³/mol. The van der Waals surface area contributed by atoms with Gasteiger partial charge in [0.2, 0.25) is 35.4 Å². The van der Waals surface area contributed by atoms with E-state index >= 15 is 0 Å². The standard InChI is InChI=1S/C32H47N9O7/c1-19(2)11-24(31(47)38-20(3)21(4)42)39-29(45)17-35-27(43)16-36-30(46)25(12-22-9-7-6-8-10-22)41-32(48)26(40-28(44)15-33-5)13-23-14-34-18-37-23/h6-10,14,18-20,24-26,33H,11-13,15-17H2,1-5H3,(H,34,37)(H,35,43)(H,36,46)(H,38,47)(H,39,45)(H,40,44)(H,41,48)/t20-,24-,25-,26-/m0/s1. The van der Waals surface area contributed by atoms with Gasteiger partial charge in [0.15, 0.2) is 5.78 Å². The molecule has 1 heterocycles. The van der Waals surface area contributed by atoms with Crippen LogP contribution in [0.2, 0.25) is 0 Å². The number of nitrogens with zero attached hydrogens (tertiary/aromatic N) is 1. The smallest absolute Gasteiger partial charge is 0.243 e. The Morgan fingerprint density at radius 2 is 1.31 bits per heavy atom. The topological polar surface area (TPSA) is 232 Å². The Morgan fingerprint density at radius 1 is 0.708 bits per heavy atom. The lowest BCUT2D eigenvalue weighted by molar-refractivity contribution is -0.133. The van der Waals surface area contributed by atoms with Gasteiger partial charge in [-0.2, -0.15) is 0 Å². The first-order valence-electron chi connectivity index (χ1n) is 15.7. The number of amides is 6. The highest BCUT2D eigenvalue weighted by Gasteiger charge is 2.28. The molecular formula is C32H47N9O7. The molecule has 8 N–H and O–H groups in total. The number of carbonyl (C=O) groups is 7. The summed E-state index contributed by atoms with van der Waals surface area (Å²) in [5, 5.41) is 18.1. The molecule has 48 heavy (non-hydrogen) atoms. The molecule has 0 spiro atoms. The third-order valence-corrected chi connectivity index (χ3v) is 7.07. The Morgan fingerprint density at radius 3 is 1.92 bits per heavy atom. The summed E-state index contributed by atoms with van der Waals surface area (Å²) in [6.07, 6.45) is 3.49. The van der Waals surface area contributed by atoms with Gasteiger partial charge in [0.05, 0.1) is 37.7 Å². The van der Waals surface area contributed by atoms with E-state index < -0.39 is 72.7 Å². The lowest BCUT2D eigenvalue weighted by Crippen LogP contribution is -2.56. The molecule has 1 aromatic carbocycles. The van der Waals surface area contributed by atoms with Crippen molar-refractivity contribution in [2.75, 3.05) is 26.7 Å². The van der Waals surface area contributed by atoms with E-state index in [-0.39, 0.29) is 31.1 Å². The molecule has 2 rings (SSSR count). The summed E-state index contributed by atoms with van der Waals surface area (Å²) >= 11 is 0. The molecule has 16 nitrogen and oxygen atoms in total. The normalized spacial score (nSPS) is 13.3. The van der Waals surface area contributed by atoms with Crippen molar-refractivity contribution in [1.82, 2.24) is 47.2 Å². The second kappa shape index (κ2) is 20.2. The van der Waals surface area contributed by atoms with Crippen LogP contribution in [0.25, 0.3) is 0 Å². The number of rotatable bonds is 20. The van der Waals surface area contributed by atoms with Crippen LogP contribution in [0.1, 0.15) is 45.4 Å². The Bertz CT molecular complexity index is 1380. The highest BCUT2D eigenvalue weighted by Crippen LogP contribution is 2.07. The Labute approximate surface area is 279 Å². The van der Waals surface area contributed by atoms with E-state index in [9.17, 15) is 33.6 Å². The van der Waals surface area contributed by atoms with E-state index in [1.807, 2.05) is 13.8 Å². The molecular weight excluding hydrogens is 622 g/mol. The maximum absolute atomic E-state index is 13.4. The number of imidazole rings is 1. The average molecular weight is 670 g/mol. The summed E-state index contributed by atoms with van der Waals surface area (Å²) < 4.78 is 0. The molecule has 0 aliphatic carbocycles. The monoisotopic (exact) mass is 669 g/mol. The highest BCUT2D eigenvalue weighted by molar-refractivity contribution is 5.95. The summed E-state index contributed by atoms with van der Waals surface area (Å²) in [5.74, 6) is -3.75. The molecule has 0 saturated heterocycles. The van der Waals surface area contributed by atoms with Crippen molar-refractivity contribution in [3.8, 4) is 0 Å². The van der Waals surface area contributed by atoms with E-state index in [1.54, 1.807) is 50.5 Å². The maximum Gasteiger partial charge on any atom is 0.243 e. The summed E-state index contributed by atoms with van der Waals surface area (Å²) in [6, 6.07) is 5.12. The van der Waals surface area contributed by atoms with Crippen molar-refractivity contribution in [3.05, 3.63) is 54.1 Å². The van der Waals surface area contributed by atoms with E-state index in [0.717, 1.165) is 5.56 Å². The van der Waals surface area contributed by atoms with Gasteiger partial charge < -0.3 is 42.2 Å². The van der Waals surface area contributed by atoms with Crippen molar-refractivity contribution in [3.63, 3.8) is 0 Å². The highest BCUT2D eigenvalue weighted by atomic mass is 16.2. The van der Waals surface area contributed by atoms with Gasteiger partial charge in [-0.1, -0.05) is 44.2 Å².